The minimum absolute atomic E-state index is 0.112. The summed E-state index contributed by atoms with van der Waals surface area (Å²) in [7, 11) is 1.62. The maximum atomic E-state index is 12.8. The van der Waals surface area contributed by atoms with Gasteiger partial charge in [0.15, 0.2) is 0 Å². The van der Waals surface area contributed by atoms with Gasteiger partial charge in [0.05, 0.1) is 20.3 Å². The van der Waals surface area contributed by atoms with Crippen LogP contribution >= 0.6 is 11.3 Å². The fraction of sp³-hybridized carbons (Fsp3) is 0.688. The van der Waals surface area contributed by atoms with Crippen LogP contribution in [-0.2, 0) is 4.74 Å². The Hall–Kier alpha value is -1.11. The third kappa shape index (κ3) is 3.00. The average Bonchev–Trinajstić information content (AvgIpc) is 3.21. The molecular weight excluding hydrogens is 300 g/mol. The number of methoxy groups -OCH3 is 1. The smallest absolute Gasteiger partial charge is 0.267 e. The number of morpholine rings is 1. The van der Waals surface area contributed by atoms with Crippen molar-refractivity contribution < 1.29 is 14.3 Å². The number of likely N-dealkylation sites (tertiary alicyclic amines) is 1. The van der Waals surface area contributed by atoms with Gasteiger partial charge in [0.1, 0.15) is 10.6 Å². The Labute approximate surface area is 135 Å². The van der Waals surface area contributed by atoms with Gasteiger partial charge in [-0.1, -0.05) is 13.3 Å². The second-order valence-electron chi connectivity index (χ2n) is 5.91. The summed E-state index contributed by atoms with van der Waals surface area (Å²) in [4.78, 5) is 18.0. The number of rotatable bonds is 4. The molecule has 0 aromatic carbocycles. The van der Waals surface area contributed by atoms with E-state index in [-0.39, 0.29) is 5.91 Å². The molecule has 3 heterocycles. The predicted molar refractivity (Wildman–Crippen MR) is 86.7 cm³/mol. The first kappa shape index (κ1) is 15.8. The lowest BCUT2D eigenvalue weighted by Gasteiger charge is -2.34. The molecule has 0 spiro atoms. The van der Waals surface area contributed by atoms with E-state index in [1.807, 2.05) is 16.3 Å². The maximum absolute atomic E-state index is 12.8. The van der Waals surface area contributed by atoms with Crippen LogP contribution in [0.3, 0.4) is 0 Å². The van der Waals surface area contributed by atoms with E-state index in [0.29, 0.717) is 17.7 Å². The Balaban J connectivity index is 1.72. The van der Waals surface area contributed by atoms with Gasteiger partial charge in [-0.05, 0) is 17.4 Å². The van der Waals surface area contributed by atoms with Gasteiger partial charge in [0.25, 0.3) is 5.91 Å². The number of nitrogens with zero attached hydrogens (tertiary/aromatic N) is 2. The van der Waals surface area contributed by atoms with Crippen LogP contribution in [0.15, 0.2) is 11.4 Å². The van der Waals surface area contributed by atoms with Crippen LogP contribution in [0.2, 0.25) is 0 Å². The van der Waals surface area contributed by atoms with E-state index in [0.717, 1.165) is 50.7 Å². The summed E-state index contributed by atoms with van der Waals surface area (Å²) in [6.45, 7) is 7.45. The maximum Gasteiger partial charge on any atom is 0.267 e. The van der Waals surface area contributed by atoms with Crippen molar-refractivity contribution in [1.82, 2.24) is 9.80 Å². The Morgan fingerprint density at radius 3 is 2.86 bits per heavy atom. The molecule has 122 valence electrons. The highest BCUT2D eigenvalue weighted by molar-refractivity contribution is 7.12. The zero-order valence-corrected chi connectivity index (χ0v) is 14.1. The molecule has 2 aliphatic heterocycles. The molecule has 0 bridgehead atoms. The number of carbonyl (C=O) groups excluding carboxylic acids is 1. The molecule has 6 heteroatoms. The Morgan fingerprint density at radius 1 is 1.41 bits per heavy atom. The number of amides is 1. The summed E-state index contributed by atoms with van der Waals surface area (Å²) in [6.07, 6.45) is 1.10. The molecule has 2 saturated heterocycles. The van der Waals surface area contributed by atoms with E-state index in [9.17, 15) is 4.79 Å². The van der Waals surface area contributed by atoms with Gasteiger partial charge in [0.2, 0.25) is 0 Å². The highest BCUT2D eigenvalue weighted by atomic mass is 32.1. The van der Waals surface area contributed by atoms with Crippen LogP contribution < -0.4 is 4.74 Å². The molecule has 1 aromatic heterocycles. The van der Waals surface area contributed by atoms with E-state index in [2.05, 4.69) is 11.8 Å². The lowest BCUT2D eigenvalue weighted by atomic mass is 9.99. The average molecular weight is 324 g/mol. The molecule has 2 fully saturated rings. The highest BCUT2D eigenvalue weighted by Crippen LogP contribution is 2.31. The lowest BCUT2D eigenvalue weighted by molar-refractivity contribution is 0.0103. The van der Waals surface area contributed by atoms with Crippen LogP contribution in [0.25, 0.3) is 0 Å². The minimum Gasteiger partial charge on any atom is -0.495 e. The molecule has 1 amide bonds. The number of carbonyl (C=O) groups is 1. The largest absolute Gasteiger partial charge is 0.495 e. The van der Waals surface area contributed by atoms with Gasteiger partial charge in [-0.3, -0.25) is 9.69 Å². The van der Waals surface area contributed by atoms with E-state index in [1.165, 1.54) is 11.3 Å². The van der Waals surface area contributed by atoms with E-state index >= 15 is 0 Å². The minimum atomic E-state index is 0.112. The first-order chi connectivity index (χ1) is 10.7. The molecule has 0 N–H and O–H groups in total. The summed E-state index contributed by atoms with van der Waals surface area (Å²) in [5.74, 6) is 1.35. The highest BCUT2D eigenvalue weighted by Gasteiger charge is 2.39. The first-order valence-electron chi connectivity index (χ1n) is 7.97. The van der Waals surface area contributed by atoms with Crippen molar-refractivity contribution >= 4 is 17.2 Å². The molecular formula is C16H24N2O3S. The van der Waals surface area contributed by atoms with Crippen LogP contribution in [0, 0.1) is 5.92 Å². The normalized spacial score (nSPS) is 26.4. The zero-order valence-electron chi connectivity index (χ0n) is 13.3. The second kappa shape index (κ2) is 6.98. The molecule has 0 aliphatic carbocycles. The lowest BCUT2D eigenvalue weighted by Crippen LogP contribution is -2.47. The van der Waals surface area contributed by atoms with Gasteiger partial charge in [-0.25, -0.2) is 0 Å². The molecule has 3 rings (SSSR count). The predicted octanol–water partition coefficient (Wildman–Crippen LogP) is 1.94. The topological polar surface area (TPSA) is 42.0 Å². The molecule has 0 unspecified atom stereocenters. The van der Waals surface area contributed by atoms with E-state index in [1.54, 1.807) is 7.11 Å². The summed E-state index contributed by atoms with van der Waals surface area (Å²) in [5.41, 5.74) is 0. The molecule has 0 radical (unpaired) electrons. The summed E-state index contributed by atoms with van der Waals surface area (Å²) >= 11 is 1.46. The van der Waals surface area contributed by atoms with Gasteiger partial charge < -0.3 is 14.4 Å². The van der Waals surface area contributed by atoms with Crippen LogP contribution in [0.4, 0.5) is 0 Å². The number of ether oxygens (including phenoxy) is 2. The standard InChI is InChI=1S/C16H24N2O3S/c1-3-12-10-18(11-13(12)17-5-7-21-8-6-17)16(19)15-14(20-2)4-9-22-15/h4,9,12-13H,3,5-8,10-11H2,1-2H3/t12-,13+/m0/s1. The van der Waals surface area contributed by atoms with Crippen LogP contribution in [0.1, 0.15) is 23.0 Å². The summed E-state index contributed by atoms with van der Waals surface area (Å²) in [6, 6.07) is 2.33. The van der Waals surface area contributed by atoms with Crippen molar-refractivity contribution in [1.29, 1.82) is 0 Å². The fourth-order valence-electron chi connectivity index (χ4n) is 3.50. The molecule has 22 heavy (non-hydrogen) atoms. The van der Waals surface area contributed by atoms with Crippen molar-refractivity contribution in [3.05, 3.63) is 16.3 Å². The molecule has 0 saturated carbocycles. The fourth-order valence-corrected chi connectivity index (χ4v) is 4.33. The van der Waals surface area contributed by atoms with E-state index in [4.69, 9.17) is 9.47 Å². The van der Waals surface area contributed by atoms with Crippen molar-refractivity contribution in [2.45, 2.75) is 19.4 Å². The number of thiophene rings is 1. The van der Waals surface area contributed by atoms with Crippen molar-refractivity contribution in [3.8, 4) is 5.75 Å². The van der Waals surface area contributed by atoms with Crippen LogP contribution in [-0.4, -0.2) is 68.3 Å². The van der Waals surface area contributed by atoms with Crippen molar-refractivity contribution in [2.75, 3.05) is 46.5 Å². The second-order valence-corrected chi connectivity index (χ2v) is 6.83. The monoisotopic (exact) mass is 324 g/mol. The Morgan fingerprint density at radius 2 is 2.18 bits per heavy atom. The molecule has 2 atom stereocenters. The third-order valence-corrected chi connectivity index (χ3v) is 5.66. The number of hydrogen-bond acceptors (Lipinski definition) is 5. The summed E-state index contributed by atoms with van der Waals surface area (Å²) < 4.78 is 10.8. The molecule has 1 aromatic rings. The van der Waals surface area contributed by atoms with Crippen LogP contribution in [0.5, 0.6) is 5.75 Å². The Bertz CT molecular complexity index is 513. The Kier molecular flexibility index (Phi) is 5.00. The quantitative estimate of drug-likeness (QED) is 0.849. The van der Waals surface area contributed by atoms with Crippen molar-refractivity contribution in [2.24, 2.45) is 5.92 Å². The SMILES string of the molecule is CC[C@H]1CN(C(=O)c2sccc2OC)C[C@H]1N1CCOCC1. The first-order valence-corrected chi connectivity index (χ1v) is 8.85. The summed E-state index contributed by atoms with van der Waals surface area (Å²) in [5, 5.41) is 1.92. The molecule has 5 nitrogen and oxygen atoms in total. The van der Waals surface area contributed by atoms with E-state index < -0.39 is 0 Å². The van der Waals surface area contributed by atoms with Crippen molar-refractivity contribution in [3.63, 3.8) is 0 Å². The molecule has 2 aliphatic rings. The zero-order chi connectivity index (χ0) is 15.5. The van der Waals surface area contributed by atoms with Gasteiger partial charge in [0, 0.05) is 32.2 Å². The van der Waals surface area contributed by atoms with Gasteiger partial charge >= 0.3 is 0 Å². The third-order valence-electron chi connectivity index (χ3n) is 4.78. The van der Waals surface area contributed by atoms with Gasteiger partial charge in [-0.2, -0.15) is 0 Å². The van der Waals surface area contributed by atoms with Gasteiger partial charge in [-0.15, -0.1) is 11.3 Å². The number of hydrogen-bond donors (Lipinski definition) is 0.